The van der Waals surface area contributed by atoms with Crippen LogP contribution in [-0.4, -0.2) is 86.1 Å². The summed E-state index contributed by atoms with van der Waals surface area (Å²) < 4.78 is 19.6. The summed E-state index contributed by atoms with van der Waals surface area (Å²) in [4.78, 5) is 46.6. The SMILES string of the molecule is CCC1(C(=O)NC(C)C)CCN(c2ccc(-c3cc(-c4ccn([C@H]5CC[C@H](N6CCC(c7ccc(N[C@H]8CCC(=O)NC8=O)cc7F)CC6)CC5)c4)cn4ncc(C#N)c34)cn2)CC1. The van der Waals surface area contributed by atoms with E-state index in [1.54, 1.807) is 6.20 Å². The molecule has 1 aliphatic carbocycles. The number of imide groups is 1. The Hall–Kier alpha value is -6.07. The van der Waals surface area contributed by atoms with Gasteiger partial charge in [-0.15, -0.1) is 0 Å². The van der Waals surface area contributed by atoms with Gasteiger partial charge in [-0.2, -0.15) is 10.4 Å². The van der Waals surface area contributed by atoms with Crippen molar-refractivity contribution in [3.05, 3.63) is 90.4 Å². The first-order valence-corrected chi connectivity index (χ1v) is 23.3. The lowest BCUT2D eigenvalue weighted by molar-refractivity contribution is -0.134. The molecule has 9 rings (SSSR count). The number of halogens is 1. The molecule has 4 aromatic heterocycles. The standard InChI is InChI=1S/C50H59FN10O3/c1-4-50(49(64)55-32(2)3)18-23-59(24-19-50)45-13-5-34(28-53-45)42-25-36(31-61-47(42)37(27-52)29-54-61)35-17-22-60(30-35)40-9-7-39(8-10-40)58-20-15-33(16-21-58)41-11-6-38(26-43(41)51)56-44-12-14-46(62)57-48(44)63/h5-6,11,13,17,22,25-26,28-33,39-40,44,56H,4,7-10,12,14-16,18-21,23-24H2,1-3H3,(H,55,64)(H,57,62,63)/t39-,40-,44-/m0/s1. The summed E-state index contributed by atoms with van der Waals surface area (Å²) in [6, 6.07) is 16.5. The molecule has 0 radical (unpaired) electrons. The van der Waals surface area contributed by atoms with E-state index in [1.807, 2.05) is 49.0 Å². The van der Waals surface area contributed by atoms with Gasteiger partial charge in [0.25, 0.3) is 0 Å². The van der Waals surface area contributed by atoms with Crippen molar-refractivity contribution in [2.24, 2.45) is 5.41 Å². The molecule has 3 saturated heterocycles. The summed E-state index contributed by atoms with van der Waals surface area (Å²) in [5.41, 5.74) is 6.13. The van der Waals surface area contributed by atoms with E-state index < -0.39 is 6.04 Å². The largest absolute Gasteiger partial charge is 0.374 e. The fraction of sp³-hybridized carbons (Fsp3) is 0.480. The van der Waals surface area contributed by atoms with E-state index in [1.165, 1.54) is 6.07 Å². The molecule has 1 saturated carbocycles. The maximum Gasteiger partial charge on any atom is 0.249 e. The average Bonchev–Trinajstić information content (AvgIpc) is 3.98. The van der Waals surface area contributed by atoms with Crippen LogP contribution in [0.3, 0.4) is 0 Å². The molecule has 4 fully saturated rings. The molecular formula is C50H59FN10O3. The number of aromatic nitrogens is 4. The Morgan fingerprint density at radius 2 is 1.69 bits per heavy atom. The number of amides is 3. The van der Waals surface area contributed by atoms with Gasteiger partial charge in [0.05, 0.1) is 22.7 Å². The van der Waals surface area contributed by atoms with Crippen molar-refractivity contribution in [3.63, 3.8) is 0 Å². The molecule has 0 bridgehead atoms. The Kier molecular flexibility index (Phi) is 12.3. The Morgan fingerprint density at radius 3 is 2.36 bits per heavy atom. The highest BCUT2D eigenvalue weighted by Gasteiger charge is 2.40. The minimum absolute atomic E-state index is 0.118. The number of pyridine rings is 2. The van der Waals surface area contributed by atoms with Gasteiger partial charge >= 0.3 is 0 Å². The third-order valence-electron chi connectivity index (χ3n) is 14.6. The molecule has 3 aliphatic heterocycles. The molecule has 3 amide bonds. The van der Waals surface area contributed by atoms with E-state index in [0.717, 1.165) is 123 Å². The number of fused-ring (bicyclic) bond motifs is 1. The van der Waals surface area contributed by atoms with Crippen LogP contribution in [0, 0.1) is 22.6 Å². The van der Waals surface area contributed by atoms with Crippen molar-refractivity contribution < 1.29 is 18.8 Å². The van der Waals surface area contributed by atoms with Crippen molar-refractivity contribution in [1.29, 1.82) is 5.26 Å². The summed E-state index contributed by atoms with van der Waals surface area (Å²) in [6.45, 7) is 9.55. The lowest BCUT2D eigenvalue weighted by Gasteiger charge is -2.41. The van der Waals surface area contributed by atoms with Crippen LogP contribution in [0.2, 0.25) is 0 Å². The van der Waals surface area contributed by atoms with Gasteiger partial charge < -0.3 is 25.0 Å². The van der Waals surface area contributed by atoms with Crippen LogP contribution < -0.4 is 20.9 Å². The second-order valence-electron chi connectivity index (χ2n) is 18.8. The summed E-state index contributed by atoms with van der Waals surface area (Å²) in [5.74, 6) is 0.317. The molecule has 5 aromatic rings. The van der Waals surface area contributed by atoms with Crippen molar-refractivity contribution >= 4 is 34.7 Å². The summed E-state index contributed by atoms with van der Waals surface area (Å²) in [7, 11) is 0. The molecular weight excluding hydrogens is 808 g/mol. The fourth-order valence-corrected chi connectivity index (χ4v) is 10.7. The number of carbonyl (C=O) groups is 3. The maximum absolute atomic E-state index is 15.4. The number of nitrogens with zero attached hydrogens (tertiary/aromatic N) is 7. The zero-order valence-electron chi connectivity index (χ0n) is 37.2. The minimum atomic E-state index is -0.540. The first kappa shape index (κ1) is 43.2. The Balaban J connectivity index is 0.816. The highest BCUT2D eigenvalue weighted by molar-refractivity contribution is 6.01. The van der Waals surface area contributed by atoms with E-state index in [0.29, 0.717) is 29.8 Å². The fourth-order valence-electron chi connectivity index (χ4n) is 10.7. The third-order valence-corrected chi connectivity index (χ3v) is 14.6. The van der Waals surface area contributed by atoms with Crippen molar-refractivity contribution in [1.82, 2.24) is 34.7 Å². The topological polar surface area (TPSA) is 153 Å². The smallest absolute Gasteiger partial charge is 0.249 e. The van der Waals surface area contributed by atoms with Crippen molar-refractivity contribution in [2.75, 3.05) is 36.4 Å². The monoisotopic (exact) mass is 866 g/mol. The van der Waals surface area contributed by atoms with E-state index in [4.69, 9.17) is 4.98 Å². The highest BCUT2D eigenvalue weighted by Crippen LogP contribution is 2.40. The van der Waals surface area contributed by atoms with Gasteiger partial charge in [-0.25, -0.2) is 13.9 Å². The maximum atomic E-state index is 15.4. The molecule has 13 nitrogen and oxygen atoms in total. The molecule has 0 unspecified atom stereocenters. The molecule has 0 spiro atoms. The molecule has 14 heteroatoms. The van der Waals surface area contributed by atoms with Crippen LogP contribution >= 0.6 is 0 Å². The van der Waals surface area contributed by atoms with E-state index in [-0.39, 0.29) is 47.3 Å². The predicted octanol–water partition coefficient (Wildman–Crippen LogP) is 7.98. The quantitative estimate of drug-likeness (QED) is 0.112. The molecule has 64 heavy (non-hydrogen) atoms. The second kappa shape index (κ2) is 18.2. The van der Waals surface area contributed by atoms with Crippen LogP contribution in [-0.2, 0) is 14.4 Å². The van der Waals surface area contributed by atoms with Gasteiger partial charge in [0.2, 0.25) is 17.7 Å². The average molecular weight is 867 g/mol. The highest BCUT2D eigenvalue weighted by atomic mass is 19.1. The van der Waals surface area contributed by atoms with Gasteiger partial charge in [0, 0.05) is 90.4 Å². The number of rotatable bonds is 11. The number of carbonyl (C=O) groups excluding carboxylic acids is 3. The number of piperidine rings is 3. The van der Waals surface area contributed by atoms with Gasteiger partial charge in [0.15, 0.2) is 0 Å². The molecule has 1 atom stereocenters. The molecule has 7 heterocycles. The number of nitrogens with one attached hydrogen (secondary N) is 3. The number of hydrogen-bond donors (Lipinski definition) is 3. The minimum Gasteiger partial charge on any atom is -0.374 e. The molecule has 4 aliphatic rings. The predicted molar refractivity (Wildman–Crippen MR) is 245 cm³/mol. The van der Waals surface area contributed by atoms with Crippen LogP contribution in [0.4, 0.5) is 15.9 Å². The second-order valence-corrected chi connectivity index (χ2v) is 18.8. The normalized spacial score (nSPS) is 22.1. The zero-order chi connectivity index (χ0) is 44.5. The Bertz CT molecular complexity index is 2550. The Morgan fingerprint density at radius 1 is 0.922 bits per heavy atom. The van der Waals surface area contributed by atoms with Crippen LogP contribution in [0.15, 0.2) is 73.4 Å². The number of benzene rings is 1. The van der Waals surface area contributed by atoms with Crippen LogP contribution in [0.5, 0.6) is 0 Å². The number of likely N-dealkylation sites (tertiary alicyclic amines) is 1. The summed E-state index contributed by atoms with van der Waals surface area (Å²) >= 11 is 0. The molecule has 3 N–H and O–H groups in total. The van der Waals surface area contributed by atoms with E-state index in [2.05, 4.69) is 79.0 Å². The van der Waals surface area contributed by atoms with Crippen LogP contribution in [0.25, 0.3) is 27.8 Å². The van der Waals surface area contributed by atoms with E-state index >= 15 is 4.39 Å². The zero-order valence-corrected chi connectivity index (χ0v) is 37.2. The van der Waals surface area contributed by atoms with Crippen molar-refractivity contribution in [2.45, 2.75) is 121 Å². The molecule has 334 valence electrons. The molecule has 1 aromatic carbocycles. The number of anilines is 2. The van der Waals surface area contributed by atoms with Crippen molar-refractivity contribution in [3.8, 4) is 28.3 Å². The number of hydrogen-bond acceptors (Lipinski definition) is 9. The first-order valence-electron chi connectivity index (χ1n) is 23.3. The lowest BCUT2D eigenvalue weighted by Crippen LogP contribution is -2.50. The number of nitriles is 1. The third kappa shape index (κ3) is 8.74. The Labute approximate surface area is 374 Å². The van der Waals surface area contributed by atoms with Gasteiger partial charge in [0.1, 0.15) is 23.7 Å². The lowest BCUT2D eigenvalue weighted by atomic mass is 9.75. The van der Waals surface area contributed by atoms with Gasteiger partial charge in [-0.05, 0) is 139 Å². The van der Waals surface area contributed by atoms with Gasteiger partial charge in [-0.1, -0.05) is 13.0 Å². The summed E-state index contributed by atoms with van der Waals surface area (Å²) in [6.07, 6.45) is 19.2. The first-order chi connectivity index (χ1) is 31.0. The van der Waals surface area contributed by atoms with Crippen LogP contribution in [0.1, 0.15) is 114 Å². The van der Waals surface area contributed by atoms with Gasteiger partial charge in [-0.3, -0.25) is 19.7 Å². The van der Waals surface area contributed by atoms with E-state index in [9.17, 15) is 19.6 Å². The summed E-state index contributed by atoms with van der Waals surface area (Å²) in [5, 5.41) is 23.2.